The molecule has 1 aliphatic heterocycles. The summed E-state index contributed by atoms with van der Waals surface area (Å²) < 4.78 is 71.9. The molecule has 1 aliphatic rings. The average Bonchev–Trinajstić information content (AvgIpc) is 2.92. The lowest BCUT2D eigenvalue weighted by atomic mass is 10.1. The van der Waals surface area contributed by atoms with Gasteiger partial charge < -0.3 is 9.47 Å². The van der Waals surface area contributed by atoms with Gasteiger partial charge in [0.05, 0.1) is 6.10 Å². The second-order valence-corrected chi connectivity index (χ2v) is 5.76. The molecule has 0 aliphatic carbocycles. The third-order valence-electron chi connectivity index (χ3n) is 3.80. The largest absolute Gasteiger partial charge is 0.453 e. The van der Waals surface area contributed by atoms with Crippen molar-refractivity contribution in [3.63, 3.8) is 0 Å². The fourth-order valence-corrected chi connectivity index (χ4v) is 2.41. The molecule has 0 spiro atoms. The third kappa shape index (κ3) is 7.72. The lowest BCUT2D eigenvalue weighted by molar-refractivity contribution is -0.284. The van der Waals surface area contributed by atoms with Crippen molar-refractivity contribution >= 4 is 0 Å². The highest BCUT2D eigenvalue weighted by atomic mass is 19.4. The van der Waals surface area contributed by atoms with E-state index in [9.17, 15) is 22.0 Å². The molecule has 1 rings (SSSR count). The molecule has 0 amide bonds. The molecular formula is C15H25F5O2. The van der Waals surface area contributed by atoms with Gasteiger partial charge in [-0.15, -0.1) is 0 Å². The Labute approximate surface area is 128 Å². The van der Waals surface area contributed by atoms with Crippen LogP contribution in [-0.4, -0.2) is 38.0 Å². The molecule has 1 saturated heterocycles. The van der Waals surface area contributed by atoms with Gasteiger partial charge in [0.25, 0.3) is 0 Å². The zero-order valence-corrected chi connectivity index (χ0v) is 12.8. The highest BCUT2D eigenvalue weighted by Crippen LogP contribution is 2.39. The lowest BCUT2D eigenvalue weighted by Gasteiger charge is -2.19. The van der Waals surface area contributed by atoms with Crippen LogP contribution in [0.15, 0.2) is 0 Å². The summed E-state index contributed by atoms with van der Waals surface area (Å²) in [6.07, 6.45) is -0.597. The zero-order chi connectivity index (χ0) is 16.5. The number of halogens is 5. The van der Waals surface area contributed by atoms with Crippen LogP contribution in [0.4, 0.5) is 22.0 Å². The Kier molecular flexibility index (Phi) is 8.61. The molecule has 0 saturated carbocycles. The number of hydrogen-bond acceptors (Lipinski definition) is 2. The average molecular weight is 332 g/mol. The van der Waals surface area contributed by atoms with E-state index in [4.69, 9.17) is 9.47 Å². The summed E-state index contributed by atoms with van der Waals surface area (Å²) in [5.41, 5.74) is 0. The number of alkyl halides is 5. The Bertz CT molecular complexity index is 288. The molecule has 0 N–H and O–H groups in total. The second-order valence-electron chi connectivity index (χ2n) is 5.76. The van der Waals surface area contributed by atoms with Crippen molar-refractivity contribution in [3.8, 4) is 0 Å². The molecule has 0 aromatic heterocycles. The van der Waals surface area contributed by atoms with Crippen molar-refractivity contribution in [2.45, 2.75) is 76.0 Å². The van der Waals surface area contributed by atoms with Crippen molar-refractivity contribution in [3.05, 3.63) is 0 Å². The van der Waals surface area contributed by atoms with Gasteiger partial charge in [0.2, 0.25) is 0 Å². The van der Waals surface area contributed by atoms with Gasteiger partial charge in [-0.05, 0) is 32.1 Å². The predicted octanol–water partition coefficient (Wildman–Crippen LogP) is 5.11. The molecule has 1 heterocycles. The molecule has 1 fully saturated rings. The summed E-state index contributed by atoms with van der Waals surface area (Å²) in [5.74, 6) is -4.56. The van der Waals surface area contributed by atoms with Gasteiger partial charge in [-0.2, -0.15) is 22.0 Å². The maximum atomic E-state index is 12.6. The van der Waals surface area contributed by atoms with Crippen LogP contribution < -0.4 is 0 Å². The number of unbranched alkanes of at least 4 members (excludes halogenated alkanes) is 4. The molecule has 2 nitrogen and oxygen atoms in total. The van der Waals surface area contributed by atoms with Gasteiger partial charge in [-0.3, -0.25) is 0 Å². The minimum Gasteiger partial charge on any atom is -0.381 e. The molecule has 7 heteroatoms. The minimum atomic E-state index is -5.43. The first-order valence-corrected chi connectivity index (χ1v) is 7.97. The van der Waals surface area contributed by atoms with E-state index >= 15 is 0 Å². The number of rotatable bonds is 11. The van der Waals surface area contributed by atoms with Gasteiger partial charge in [-0.25, -0.2) is 0 Å². The van der Waals surface area contributed by atoms with Crippen molar-refractivity contribution in [1.29, 1.82) is 0 Å². The maximum absolute atomic E-state index is 12.6. The number of hydrogen-bond donors (Lipinski definition) is 0. The maximum Gasteiger partial charge on any atom is 0.453 e. The van der Waals surface area contributed by atoms with Crippen LogP contribution in [0, 0.1) is 0 Å². The summed E-state index contributed by atoms with van der Waals surface area (Å²) >= 11 is 0. The summed E-state index contributed by atoms with van der Waals surface area (Å²) in [5, 5.41) is 0. The fraction of sp³-hybridized carbons (Fsp3) is 1.00. The molecule has 22 heavy (non-hydrogen) atoms. The zero-order valence-electron chi connectivity index (χ0n) is 12.8. The van der Waals surface area contributed by atoms with E-state index in [1.165, 1.54) is 0 Å². The first-order valence-electron chi connectivity index (χ1n) is 7.97. The smallest absolute Gasteiger partial charge is 0.381 e. The summed E-state index contributed by atoms with van der Waals surface area (Å²) in [7, 11) is 0. The number of ether oxygens (including phenoxy) is 2. The quantitative estimate of drug-likeness (QED) is 0.387. The van der Waals surface area contributed by atoms with Crippen LogP contribution in [0.2, 0.25) is 0 Å². The van der Waals surface area contributed by atoms with Crippen LogP contribution in [0.3, 0.4) is 0 Å². The Morgan fingerprint density at radius 2 is 1.59 bits per heavy atom. The van der Waals surface area contributed by atoms with Crippen LogP contribution in [0.25, 0.3) is 0 Å². The van der Waals surface area contributed by atoms with Crippen LogP contribution in [-0.2, 0) is 9.47 Å². The molecule has 0 aromatic carbocycles. The van der Waals surface area contributed by atoms with Crippen molar-refractivity contribution in [1.82, 2.24) is 0 Å². The summed E-state index contributed by atoms with van der Waals surface area (Å²) in [4.78, 5) is 0. The Morgan fingerprint density at radius 1 is 0.909 bits per heavy atom. The van der Waals surface area contributed by atoms with Crippen molar-refractivity contribution in [2.24, 2.45) is 0 Å². The first kappa shape index (κ1) is 19.6. The van der Waals surface area contributed by atoms with Gasteiger partial charge >= 0.3 is 12.1 Å². The lowest BCUT2D eigenvalue weighted by Crippen LogP contribution is -2.36. The minimum absolute atomic E-state index is 0.105. The van der Waals surface area contributed by atoms with Crippen molar-refractivity contribution in [2.75, 3.05) is 19.8 Å². The monoisotopic (exact) mass is 332 g/mol. The van der Waals surface area contributed by atoms with E-state index in [1.54, 1.807) is 0 Å². The van der Waals surface area contributed by atoms with Crippen molar-refractivity contribution < 1.29 is 31.4 Å². The molecular weight excluding hydrogens is 307 g/mol. The standard InChI is InChI=1S/C15H25F5O2/c16-14(17,15(18,19)20)9-4-2-1-3-5-10-21-12-8-13-7-6-11-22-13/h13H,1-12H2. The Hall–Kier alpha value is -0.430. The SMILES string of the molecule is FC(F)(F)C(F)(F)CCCCCCCOCCC1CCCO1. The van der Waals surface area contributed by atoms with E-state index in [-0.39, 0.29) is 6.42 Å². The van der Waals surface area contributed by atoms with E-state index in [0.29, 0.717) is 32.2 Å². The summed E-state index contributed by atoms with van der Waals surface area (Å²) in [6.45, 7) is 2.09. The first-order chi connectivity index (χ1) is 10.3. The molecule has 1 unspecified atom stereocenters. The highest BCUT2D eigenvalue weighted by Gasteiger charge is 2.56. The van der Waals surface area contributed by atoms with Crippen LogP contribution >= 0.6 is 0 Å². The van der Waals surface area contributed by atoms with Gasteiger partial charge in [0.1, 0.15) is 0 Å². The fourth-order valence-electron chi connectivity index (χ4n) is 2.41. The van der Waals surface area contributed by atoms with Crippen LogP contribution in [0.5, 0.6) is 0 Å². The highest BCUT2D eigenvalue weighted by molar-refractivity contribution is 4.75. The molecule has 1 atom stereocenters. The van der Waals surface area contributed by atoms with E-state index < -0.39 is 18.5 Å². The van der Waals surface area contributed by atoms with Gasteiger partial charge in [0.15, 0.2) is 0 Å². The molecule has 132 valence electrons. The van der Waals surface area contributed by atoms with Gasteiger partial charge in [0, 0.05) is 26.2 Å². The summed E-state index contributed by atoms with van der Waals surface area (Å²) in [6, 6.07) is 0. The molecule has 0 aromatic rings. The predicted molar refractivity (Wildman–Crippen MR) is 73.1 cm³/mol. The normalized spacial score (nSPS) is 19.8. The Balaban J connectivity index is 1.85. The van der Waals surface area contributed by atoms with E-state index in [0.717, 1.165) is 38.7 Å². The topological polar surface area (TPSA) is 18.5 Å². The molecule has 0 bridgehead atoms. The Morgan fingerprint density at radius 3 is 2.23 bits per heavy atom. The van der Waals surface area contributed by atoms with E-state index in [1.807, 2.05) is 0 Å². The molecule has 0 radical (unpaired) electrons. The van der Waals surface area contributed by atoms with Gasteiger partial charge in [-0.1, -0.05) is 19.3 Å². The second kappa shape index (κ2) is 9.65. The van der Waals surface area contributed by atoms with E-state index in [2.05, 4.69) is 0 Å². The van der Waals surface area contributed by atoms with Crippen LogP contribution in [0.1, 0.15) is 57.8 Å². The third-order valence-corrected chi connectivity index (χ3v) is 3.80.